The minimum atomic E-state index is -1.93. The monoisotopic (exact) mass is 599 g/mol. The molecule has 0 aliphatic carbocycles. The first kappa shape index (κ1) is 33.4. The Kier molecular flexibility index (Phi) is 12.4. The standard InChI is InChI=1S/C26H33NO13S/c1-14(28)36-13-20(38-16(3)30)22(39-17(4)31)23-21(27-25(33)35-6)19(37-15(2)29)12-26(40-23,24(32)34-5)41-18-10-8-7-9-11-18/h7-11,19-23H,12-13H2,1-6H3,(H,27,33)/t19-,20+,21+,22+,23+,26-/m0/s1. The highest BCUT2D eigenvalue weighted by atomic mass is 32.2. The largest absolute Gasteiger partial charge is 0.466 e. The maximum Gasteiger partial charge on any atom is 0.407 e. The lowest BCUT2D eigenvalue weighted by atomic mass is 9.89. The highest BCUT2D eigenvalue weighted by Crippen LogP contribution is 2.45. The lowest BCUT2D eigenvalue weighted by Gasteiger charge is -2.48. The third-order valence-corrected chi connectivity index (χ3v) is 6.89. The van der Waals surface area contributed by atoms with Crippen molar-refractivity contribution in [3.8, 4) is 0 Å². The molecule has 1 fully saturated rings. The summed E-state index contributed by atoms with van der Waals surface area (Å²) in [5, 5.41) is 2.50. The second-order valence-corrected chi connectivity index (χ2v) is 10.1. The van der Waals surface area contributed by atoms with Crippen LogP contribution in [0.2, 0.25) is 0 Å². The quantitative estimate of drug-likeness (QED) is 0.286. The zero-order valence-electron chi connectivity index (χ0n) is 23.4. The molecule has 0 aromatic heterocycles. The van der Waals surface area contributed by atoms with E-state index in [1.165, 1.54) is 0 Å². The van der Waals surface area contributed by atoms with Gasteiger partial charge in [-0.1, -0.05) is 30.0 Å². The third-order valence-electron chi connectivity index (χ3n) is 5.62. The van der Waals surface area contributed by atoms with Crippen molar-refractivity contribution >= 4 is 47.7 Å². The molecule has 1 amide bonds. The van der Waals surface area contributed by atoms with Gasteiger partial charge in [0.15, 0.2) is 12.2 Å². The number of hydrogen-bond donors (Lipinski definition) is 1. The van der Waals surface area contributed by atoms with Crippen LogP contribution in [0.15, 0.2) is 35.2 Å². The van der Waals surface area contributed by atoms with Crippen LogP contribution in [0.25, 0.3) is 0 Å². The molecule has 1 aromatic rings. The van der Waals surface area contributed by atoms with E-state index >= 15 is 0 Å². The molecule has 14 nitrogen and oxygen atoms in total. The van der Waals surface area contributed by atoms with E-state index in [0.29, 0.717) is 4.90 Å². The van der Waals surface area contributed by atoms with Crippen molar-refractivity contribution in [1.29, 1.82) is 0 Å². The number of thioether (sulfide) groups is 1. The van der Waals surface area contributed by atoms with Gasteiger partial charge >= 0.3 is 35.9 Å². The van der Waals surface area contributed by atoms with E-state index in [2.05, 4.69) is 5.32 Å². The summed E-state index contributed by atoms with van der Waals surface area (Å²) in [6.07, 6.45) is -7.26. The fourth-order valence-electron chi connectivity index (χ4n) is 4.14. The number of nitrogens with one attached hydrogen (secondary N) is 1. The molecule has 0 saturated carbocycles. The van der Waals surface area contributed by atoms with Crippen LogP contribution < -0.4 is 5.32 Å². The van der Waals surface area contributed by atoms with Gasteiger partial charge in [0.25, 0.3) is 0 Å². The van der Waals surface area contributed by atoms with Crippen molar-refractivity contribution in [2.24, 2.45) is 0 Å². The summed E-state index contributed by atoms with van der Waals surface area (Å²) >= 11 is 0.920. The average molecular weight is 600 g/mol. The highest BCUT2D eigenvalue weighted by Gasteiger charge is 2.59. The highest BCUT2D eigenvalue weighted by molar-refractivity contribution is 8.01. The van der Waals surface area contributed by atoms with Crippen molar-refractivity contribution in [3.63, 3.8) is 0 Å². The van der Waals surface area contributed by atoms with Gasteiger partial charge in [0.2, 0.25) is 4.93 Å². The van der Waals surface area contributed by atoms with Crippen LogP contribution in [0.3, 0.4) is 0 Å². The number of carbonyl (C=O) groups is 6. The Morgan fingerprint density at radius 1 is 0.927 bits per heavy atom. The molecule has 226 valence electrons. The second-order valence-electron chi connectivity index (χ2n) is 8.78. The molecule has 15 heteroatoms. The van der Waals surface area contributed by atoms with E-state index in [1.807, 2.05) is 0 Å². The summed E-state index contributed by atoms with van der Waals surface area (Å²) in [7, 11) is 2.21. The number of methoxy groups -OCH3 is 2. The van der Waals surface area contributed by atoms with Crippen LogP contribution in [0.4, 0.5) is 4.79 Å². The molecule has 0 bridgehead atoms. The number of benzene rings is 1. The van der Waals surface area contributed by atoms with E-state index in [9.17, 15) is 28.8 Å². The molecule has 0 radical (unpaired) electrons. The fourth-order valence-corrected chi connectivity index (χ4v) is 5.39. The van der Waals surface area contributed by atoms with Crippen LogP contribution >= 0.6 is 11.8 Å². The molecule has 1 aliphatic heterocycles. The van der Waals surface area contributed by atoms with Crippen molar-refractivity contribution in [3.05, 3.63) is 30.3 Å². The van der Waals surface area contributed by atoms with Crippen molar-refractivity contribution in [2.75, 3.05) is 20.8 Å². The number of alkyl carbamates (subject to hydrolysis) is 1. The molecule has 1 aromatic carbocycles. The van der Waals surface area contributed by atoms with Gasteiger partial charge in [-0.2, -0.15) is 0 Å². The van der Waals surface area contributed by atoms with Gasteiger partial charge in [-0.25, -0.2) is 9.59 Å². The van der Waals surface area contributed by atoms with Crippen molar-refractivity contribution in [1.82, 2.24) is 5.32 Å². The minimum absolute atomic E-state index is 0.334. The maximum absolute atomic E-state index is 13.4. The van der Waals surface area contributed by atoms with E-state index in [0.717, 1.165) is 53.7 Å². The average Bonchev–Trinajstić information content (AvgIpc) is 2.90. The molecule has 0 spiro atoms. The van der Waals surface area contributed by atoms with Crippen LogP contribution in [-0.4, -0.2) is 92.2 Å². The number of carbonyl (C=O) groups excluding carboxylic acids is 6. The number of esters is 5. The van der Waals surface area contributed by atoms with E-state index in [4.69, 9.17) is 33.2 Å². The molecule has 1 aliphatic rings. The van der Waals surface area contributed by atoms with Gasteiger partial charge in [0.05, 0.1) is 20.3 Å². The molecule has 41 heavy (non-hydrogen) atoms. The predicted molar refractivity (Wildman–Crippen MR) is 139 cm³/mol. The number of hydrogen-bond acceptors (Lipinski definition) is 14. The van der Waals surface area contributed by atoms with E-state index in [1.54, 1.807) is 30.3 Å². The first-order valence-corrected chi connectivity index (χ1v) is 13.1. The number of ether oxygens (including phenoxy) is 7. The summed E-state index contributed by atoms with van der Waals surface area (Å²) in [6.45, 7) is 3.77. The molecule has 6 atom stereocenters. The second kappa shape index (κ2) is 15.2. The Bertz CT molecular complexity index is 1110. The van der Waals surface area contributed by atoms with Gasteiger partial charge in [0, 0.05) is 39.0 Å². The third kappa shape index (κ3) is 9.63. The molecule has 1 saturated heterocycles. The smallest absolute Gasteiger partial charge is 0.407 e. The predicted octanol–water partition coefficient (Wildman–Crippen LogP) is 1.52. The lowest BCUT2D eigenvalue weighted by Crippen LogP contribution is -2.68. The van der Waals surface area contributed by atoms with E-state index < -0.39 is 77.9 Å². The number of amides is 1. The van der Waals surface area contributed by atoms with Crippen LogP contribution in [-0.2, 0) is 57.1 Å². The first-order valence-electron chi connectivity index (χ1n) is 12.3. The van der Waals surface area contributed by atoms with Gasteiger partial charge in [-0.05, 0) is 12.1 Å². The molecular weight excluding hydrogens is 566 g/mol. The van der Waals surface area contributed by atoms with Gasteiger partial charge < -0.3 is 38.5 Å². The van der Waals surface area contributed by atoms with E-state index in [-0.39, 0.29) is 6.42 Å². The summed E-state index contributed by atoms with van der Waals surface area (Å²) in [6, 6.07) is 7.25. The lowest BCUT2D eigenvalue weighted by molar-refractivity contribution is -0.223. The van der Waals surface area contributed by atoms with Gasteiger partial charge in [0.1, 0.15) is 18.8 Å². The normalized spacial score (nSPS) is 23.1. The summed E-state index contributed by atoms with van der Waals surface area (Å²) < 4.78 is 37.6. The Morgan fingerprint density at radius 3 is 2.07 bits per heavy atom. The van der Waals surface area contributed by atoms with Gasteiger partial charge in [-0.15, -0.1) is 0 Å². The Balaban J connectivity index is 2.78. The molecular formula is C26H33NO13S. The van der Waals surface area contributed by atoms with Crippen LogP contribution in [0, 0.1) is 0 Å². The molecule has 1 N–H and O–H groups in total. The Labute approximate surface area is 240 Å². The molecule has 1 heterocycles. The molecule has 0 unspecified atom stereocenters. The van der Waals surface area contributed by atoms with Crippen LogP contribution in [0.5, 0.6) is 0 Å². The fraction of sp³-hybridized carbons (Fsp3) is 0.538. The van der Waals surface area contributed by atoms with Crippen molar-refractivity contribution in [2.45, 2.75) is 74.4 Å². The van der Waals surface area contributed by atoms with Crippen LogP contribution in [0.1, 0.15) is 34.1 Å². The van der Waals surface area contributed by atoms with Gasteiger partial charge in [-0.3, -0.25) is 19.2 Å². The first-order chi connectivity index (χ1) is 19.3. The SMILES string of the molecule is COC(=O)N[C@H]1[C@H]([C@H](OC(C)=O)[C@@H](COC(C)=O)OC(C)=O)O[C@@](Sc2ccccc2)(C(=O)OC)C[C@@H]1OC(C)=O. The zero-order valence-corrected chi connectivity index (χ0v) is 24.2. The maximum atomic E-state index is 13.4. The zero-order chi connectivity index (χ0) is 30.7. The summed E-state index contributed by atoms with van der Waals surface area (Å²) in [4.78, 5) is 72.5. The van der Waals surface area contributed by atoms with Crippen molar-refractivity contribution < 1.29 is 61.9 Å². The number of rotatable bonds is 11. The summed E-state index contributed by atoms with van der Waals surface area (Å²) in [5.74, 6) is -4.10. The Morgan fingerprint density at radius 2 is 1.56 bits per heavy atom. The molecule has 2 rings (SSSR count). The Hall–Kier alpha value is -3.85. The topological polar surface area (TPSA) is 179 Å². The summed E-state index contributed by atoms with van der Waals surface area (Å²) in [5.41, 5.74) is 0. The minimum Gasteiger partial charge on any atom is -0.466 e.